The first kappa shape index (κ1) is 17.4. The fourth-order valence-electron chi connectivity index (χ4n) is 0. The number of carbonyl (C=O) groups is 1. The molecular formula is C3H2Cl3F3O5S. The van der Waals surface area contributed by atoms with Crippen LogP contribution in [0.15, 0.2) is 0 Å². The van der Waals surface area contributed by atoms with Crippen molar-refractivity contribution in [3.63, 3.8) is 0 Å². The predicted molar refractivity (Wildman–Crippen MR) is 45.5 cm³/mol. The van der Waals surface area contributed by atoms with Crippen LogP contribution >= 0.6 is 34.8 Å². The van der Waals surface area contributed by atoms with Gasteiger partial charge in [-0.05, 0) is 0 Å². The van der Waals surface area contributed by atoms with Gasteiger partial charge < -0.3 is 5.11 Å². The highest BCUT2D eigenvalue weighted by molar-refractivity contribution is 7.86. The third-order valence-corrected chi connectivity index (χ3v) is 1.60. The third kappa shape index (κ3) is 9.00. The van der Waals surface area contributed by atoms with Crippen LogP contribution in [-0.4, -0.2) is 33.3 Å². The van der Waals surface area contributed by atoms with E-state index >= 15 is 0 Å². The van der Waals surface area contributed by atoms with E-state index in [1.54, 1.807) is 0 Å². The van der Waals surface area contributed by atoms with Gasteiger partial charge in [0.05, 0.1) is 0 Å². The van der Waals surface area contributed by atoms with Crippen molar-refractivity contribution >= 4 is 50.9 Å². The van der Waals surface area contributed by atoms with Crippen molar-refractivity contribution in [2.45, 2.75) is 9.30 Å². The summed E-state index contributed by atoms with van der Waals surface area (Å²) in [4.78, 5) is 9.62. The van der Waals surface area contributed by atoms with Gasteiger partial charge in [-0.25, -0.2) is 4.79 Å². The van der Waals surface area contributed by atoms with Crippen molar-refractivity contribution in [3.05, 3.63) is 0 Å². The third-order valence-electron chi connectivity index (χ3n) is 0.535. The van der Waals surface area contributed by atoms with Gasteiger partial charge in [0.1, 0.15) is 0 Å². The van der Waals surface area contributed by atoms with E-state index in [0.29, 0.717) is 0 Å². The maximum Gasteiger partial charge on any atom is 0.522 e. The SMILES string of the molecule is O=C(O)C(Cl)(Cl)Cl.O=S(=O)(O)C(F)(F)F. The highest BCUT2D eigenvalue weighted by Crippen LogP contribution is 2.25. The zero-order valence-electron chi connectivity index (χ0n) is 6.30. The Kier molecular flexibility index (Phi) is 6.27. The summed E-state index contributed by atoms with van der Waals surface area (Å²) >= 11 is 14.4. The number of halogens is 6. The summed E-state index contributed by atoms with van der Waals surface area (Å²) in [5.41, 5.74) is -5.53. The maximum absolute atomic E-state index is 10.7. The number of hydrogen-bond donors (Lipinski definition) is 2. The van der Waals surface area contributed by atoms with Crippen LogP contribution in [0.5, 0.6) is 0 Å². The Labute approximate surface area is 96.5 Å². The first-order valence-electron chi connectivity index (χ1n) is 2.53. The highest BCUT2D eigenvalue weighted by atomic mass is 35.6. The number of alkyl halides is 6. The smallest absolute Gasteiger partial charge is 0.478 e. The van der Waals surface area contributed by atoms with Crippen molar-refractivity contribution in [1.82, 2.24) is 0 Å². The second-order valence-electron chi connectivity index (χ2n) is 1.72. The number of rotatable bonds is 0. The minimum atomic E-state index is -5.84. The van der Waals surface area contributed by atoms with Gasteiger partial charge in [-0.1, -0.05) is 34.8 Å². The Balaban J connectivity index is 0. The molecule has 0 radical (unpaired) electrons. The maximum atomic E-state index is 10.7. The van der Waals surface area contributed by atoms with Crippen LogP contribution in [0.3, 0.4) is 0 Å². The zero-order valence-corrected chi connectivity index (χ0v) is 9.38. The molecule has 0 aromatic heterocycles. The molecule has 0 aliphatic carbocycles. The van der Waals surface area contributed by atoms with Crippen LogP contribution in [0.2, 0.25) is 0 Å². The minimum absolute atomic E-state index is 1.46. The van der Waals surface area contributed by atoms with Gasteiger partial charge in [-0.15, -0.1) is 0 Å². The standard InChI is InChI=1S/C2HCl3O2.CHF3O3S/c3-2(4,5)1(6)7;2-1(3,4)8(5,6)7/h(H,6,7);(H,5,6,7). The summed E-state index contributed by atoms with van der Waals surface area (Å²) < 4.78 is 55.4. The molecule has 0 spiro atoms. The van der Waals surface area contributed by atoms with Gasteiger partial charge in [-0.2, -0.15) is 21.6 Å². The normalized spacial score (nSPS) is 12.7. The fraction of sp³-hybridized carbons (Fsp3) is 0.667. The van der Waals surface area contributed by atoms with E-state index < -0.39 is 25.4 Å². The fourth-order valence-corrected chi connectivity index (χ4v) is 0. The molecule has 0 saturated heterocycles. The van der Waals surface area contributed by atoms with Gasteiger partial charge in [-0.3, -0.25) is 4.55 Å². The van der Waals surface area contributed by atoms with Gasteiger partial charge in [0.2, 0.25) is 0 Å². The second-order valence-corrected chi connectivity index (χ2v) is 5.42. The predicted octanol–water partition coefficient (Wildman–Crippen LogP) is 1.84. The van der Waals surface area contributed by atoms with E-state index in [1.807, 2.05) is 0 Å². The van der Waals surface area contributed by atoms with Crippen LogP contribution in [0.25, 0.3) is 0 Å². The van der Waals surface area contributed by atoms with Gasteiger partial charge in [0.25, 0.3) is 3.79 Å². The van der Waals surface area contributed by atoms with Crippen molar-refractivity contribution in [2.75, 3.05) is 0 Å². The van der Waals surface area contributed by atoms with E-state index in [0.717, 1.165) is 0 Å². The van der Waals surface area contributed by atoms with E-state index in [4.69, 9.17) is 52.9 Å². The summed E-state index contributed by atoms with van der Waals surface area (Å²) in [7, 11) is -5.84. The average Bonchev–Trinajstić information content (AvgIpc) is 1.80. The topological polar surface area (TPSA) is 91.7 Å². The average molecular weight is 313 g/mol. The van der Waals surface area contributed by atoms with E-state index in [2.05, 4.69) is 0 Å². The molecule has 0 rings (SSSR count). The quantitative estimate of drug-likeness (QED) is 0.404. The molecule has 92 valence electrons. The van der Waals surface area contributed by atoms with E-state index in [9.17, 15) is 18.0 Å². The lowest BCUT2D eigenvalue weighted by Gasteiger charge is -1.99. The summed E-state index contributed by atoms with van der Waals surface area (Å²) in [6.07, 6.45) is 0. The summed E-state index contributed by atoms with van der Waals surface area (Å²) in [6.45, 7) is 0. The van der Waals surface area contributed by atoms with Gasteiger partial charge in [0, 0.05) is 0 Å². The first-order chi connectivity index (χ1) is 6.19. The Morgan fingerprint density at radius 2 is 1.27 bits per heavy atom. The molecule has 0 fully saturated rings. The molecule has 12 heteroatoms. The molecule has 0 heterocycles. The molecule has 0 atom stereocenters. The molecule has 0 saturated carbocycles. The second kappa shape index (κ2) is 5.39. The molecule has 2 N–H and O–H groups in total. The first-order valence-corrected chi connectivity index (χ1v) is 5.11. The largest absolute Gasteiger partial charge is 0.522 e. The number of carboxylic acids is 1. The molecule has 15 heavy (non-hydrogen) atoms. The lowest BCUT2D eigenvalue weighted by Crippen LogP contribution is -2.21. The van der Waals surface area contributed by atoms with Crippen LogP contribution in [0, 0.1) is 0 Å². The molecular weight excluding hydrogens is 311 g/mol. The molecule has 0 unspecified atom stereocenters. The number of aliphatic carboxylic acids is 1. The van der Waals surface area contributed by atoms with Crippen molar-refractivity contribution < 1.29 is 36.0 Å². The number of hydrogen-bond acceptors (Lipinski definition) is 3. The van der Waals surface area contributed by atoms with Crippen molar-refractivity contribution in [2.24, 2.45) is 0 Å². The van der Waals surface area contributed by atoms with E-state index in [-0.39, 0.29) is 0 Å². The molecule has 0 aliphatic heterocycles. The van der Waals surface area contributed by atoms with Crippen LogP contribution < -0.4 is 0 Å². The van der Waals surface area contributed by atoms with Crippen LogP contribution in [0.4, 0.5) is 13.2 Å². The lowest BCUT2D eigenvalue weighted by molar-refractivity contribution is -0.135. The zero-order chi connectivity index (χ0) is 13.1. The Hall–Kier alpha value is 0.0400. The Bertz CT molecular complexity index is 317. The molecule has 0 aromatic carbocycles. The molecule has 0 aliphatic rings. The summed E-state index contributed by atoms with van der Waals surface area (Å²) in [6, 6.07) is 0. The molecule has 0 aromatic rings. The number of carboxylic acid groups (broad SMARTS) is 1. The molecule has 5 nitrogen and oxygen atoms in total. The molecule has 0 bridgehead atoms. The lowest BCUT2D eigenvalue weighted by atomic mass is 10.8. The minimum Gasteiger partial charge on any atom is -0.478 e. The van der Waals surface area contributed by atoms with Gasteiger partial charge in [0.15, 0.2) is 0 Å². The molecule has 0 amide bonds. The van der Waals surface area contributed by atoms with Crippen molar-refractivity contribution in [1.29, 1.82) is 0 Å². The van der Waals surface area contributed by atoms with E-state index in [1.165, 1.54) is 0 Å². The van der Waals surface area contributed by atoms with Crippen LogP contribution in [-0.2, 0) is 14.9 Å². The Morgan fingerprint density at radius 3 is 1.27 bits per heavy atom. The summed E-state index contributed by atoms with van der Waals surface area (Å²) in [5.74, 6) is -1.46. The monoisotopic (exact) mass is 312 g/mol. The Morgan fingerprint density at radius 1 is 1.13 bits per heavy atom. The van der Waals surface area contributed by atoms with Crippen molar-refractivity contribution in [3.8, 4) is 0 Å². The van der Waals surface area contributed by atoms with Crippen LogP contribution in [0.1, 0.15) is 0 Å². The highest BCUT2D eigenvalue weighted by Gasteiger charge is 2.44. The van der Waals surface area contributed by atoms with Gasteiger partial charge >= 0.3 is 21.6 Å². The summed E-state index contributed by atoms with van der Waals surface area (Å²) in [5, 5.41) is 7.85.